The lowest BCUT2D eigenvalue weighted by atomic mass is 9.85. The highest BCUT2D eigenvalue weighted by Crippen LogP contribution is 2.47. The summed E-state index contributed by atoms with van der Waals surface area (Å²) in [5.41, 5.74) is 3.24. The molecule has 0 unspecified atom stereocenters. The van der Waals surface area contributed by atoms with E-state index in [4.69, 9.17) is 0 Å². The molecule has 0 aliphatic heterocycles. The van der Waals surface area contributed by atoms with E-state index in [0.717, 1.165) is 22.3 Å². The van der Waals surface area contributed by atoms with Crippen molar-refractivity contribution in [1.29, 1.82) is 0 Å². The zero-order valence-corrected chi connectivity index (χ0v) is 17.4. The number of aryl methyl sites for hydroxylation is 2. The van der Waals surface area contributed by atoms with Crippen molar-refractivity contribution in [2.24, 2.45) is 0 Å². The Kier molecular flexibility index (Phi) is 5.21. The Bertz CT molecular complexity index is 726. The standard InChI is InChI=1S/C22H28O2S/c1-13-9-15(21(3,4)5)19(23)17(11-13)25-18-12-14(2)10-16(20(18)24)22(6,7)8/h9-12H,1-8H3. The molecular weight excluding hydrogens is 328 g/mol. The van der Waals surface area contributed by atoms with Crippen LogP contribution in [0.3, 0.4) is 0 Å². The summed E-state index contributed by atoms with van der Waals surface area (Å²) < 4.78 is 0. The lowest BCUT2D eigenvalue weighted by Gasteiger charge is -2.23. The summed E-state index contributed by atoms with van der Waals surface area (Å²) in [5, 5.41) is 25.9. The van der Waals surface area contributed by atoms with Crippen LogP contribution in [0.4, 0.5) is 0 Å². The van der Waals surface area contributed by atoms with Crippen LogP contribution in [0, 0.1) is 13.8 Å². The molecule has 0 saturated heterocycles. The Hall–Kier alpha value is -1.61. The Morgan fingerprint density at radius 1 is 0.640 bits per heavy atom. The highest BCUT2D eigenvalue weighted by Gasteiger charge is 2.26. The van der Waals surface area contributed by atoms with E-state index < -0.39 is 0 Å². The van der Waals surface area contributed by atoms with E-state index in [1.165, 1.54) is 11.8 Å². The van der Waals surface area contributed by atoms with Gasteiger partial charge in [-0.2, -0.15) is 0 Å². The predicted molar refractivity (Wildman–Crippen MR) is 104 cm³/mol. The fourth-order valence-electron chi connectivity index (χ4n) is 2.86. The third kappa shape index (κ3) is 4.33. The molecule has 0 aromatic heterocycles. The maximum Gasteiger partial charge on any atom is 0.196 e. The van der Waals surface area contributed by atoms with Crippen LogP contribution in [0.1, 0.15) is 63.8 Å². The van der Waals surface area contributed by atoms with Crippen molar-refractivity contribution in [2.45, 2.75) is 76.0 Å². The molecule has 3 heteroatoms. The third-order valence-electron chi connectivity index (χ3n) is 4.23. The van der Waals surface area contributed by atoms with Gasteiger partial charge in [0.2, 0.25) is 0 Å². The van der Waals surface area contributed by atoms with E-state index in [-0.39, 0.29) is 22.3 Å². The van der Waals surface area contributed by atoms with E-state index in [2.05, 4.69) is 0 Å². The van der Waals surface area contributed by atoms with E-state index >= 15 is 0 Å². The lowest BCUT2D eigenvalue weighted by molar-refractivity contribution is 0.328. The van der Waals surface area contributed by atoms with Crippen LogP contribution < -0.4 is 0 Å². The largest absolute Gasteiger partial charge is 0.288 e. The van der Waals surface area contributed by atoms with Gasteiger partial charge in [-0.15, -0.1) is 0 Å². The molecule has 0 aliphatic rings. The van der Waals surface area contributed by atoms with Gasteiger partial charge >= 0.3 is 0 Å². The number of hydrogen-bond donors (Lipinski definition) is 0. The fourth-order valence-corrected chi connectivity index (χ4v) is 4.00. The number of hydrogen-bond acceptors (Lipinski definition) is 1. The summed E-state index contributed by atoms with van der Waals surface area (Å²) in [5.74, 6) is 0.0580. The zero-order chi connectivity index (χ0) is 19.2. The second-order valence-corrected chi connectivity index (χ2v) is 9.97. The molecular formula is C22H28O2S. The number of rotatable bonds is 2. The summed E-state index contributed by atoms with van der Waals surface area (Å²) in [7, 11) is 0. The minimum absolute atomic E-state index is 0.0290. The van der Waals surface area contributed by atoms with Gasteiger partial charge in [-0.3, -0.25) is 10.2 Å². The van der Waals surface area contributed by atoms with Gasteiger partial charge in [0.05, 0.1) is 9.79 Å². The molecule has 2 aromatic rings. The Balaban J connectivity index is 2.58. The van der Waals surface area contributed by atoms with Crippen molar-refractivity contribution < 1.29 is 10.2 Å². The second-order valence-electron chi connectivity index (χ2n) is 8.88. The van der Waals surface area contributed by atoms with Crippen LogP contribution in [-0.2, 0) is 21.0 Å². The molecule has 0 N–H and O–H groups in total. The summed E-state index contributed by atoms with van der Waals surface area (Å²) >= 11 is 1.30. The van der Waals surface area contributed by atoms with Gasteiger partial charge in [-0.25, -0.2) is 0 Å². The van der Waals surface area contributed by atoms with E-state index in [9.17, 15) is 10.2 Å². The quantitative estimate of drug-likeness (QED) is 0.555. The maximum atomic E-state index is 12.9. The maximum absolute atomic E-state index is 12.9. The van der Waals surface area contributed by atoms with Crippen molar-refractivity contribution in [3.8, 4) is 11.5 Å². The summed E-state index contributed by atoms with van der Waals surface area (Å²) in [6.45, 7) is 16.2. The van der Waals surface area contributed by atoms with Gasteiger partial charge in [0.25, 0.3) is 0 Å². The lowest BCUT2D eigenvalue weighted by Crippen LogP contribution is -2.12. The minimum Gasteiger partial charge on any atom is -0.288 e. The molecule has 0 aliphatic carbocycles. The van der Waals surface area contributed by atoms with Crippen LogP contribution in [0.25, 0.3) is 0 Å². The molecule has 0 fully saturated rings. The molecule has 0 amide bonds. The van der Waals surface area contributed by atoms with Gasteiger partial charge < -0.3 is 0 Å². The van der Waals surface area contributed by atoms with Gasteiger partial charge in [0.15, 0.2) is 11.5 Å². The van der Waals surface area contributed by atoms with Crippen LogP contribution in [-0.4, -0.2) is 0 Å². The summed E-state index contributed by atoms with van der Waals surface area (Å²) in [6.07, 6.45) is 0. The van der Waals surface area contributed by atoms with Crippen molar-refractivity contribution in [2.75, 3.05) is 0 Å². The molecule has 25 heavy (non-hydrogen) atoms. The first-order valence-corrected chi connectivity index (χ1v) is 9.44. The van der Waals surface area contributed by atoms with Gasteiger partial charge in [0.1, 0.15) is 0 Å². The average Bonchev–Trinajstić information content (AvgIpc) is 2.43. The average molecular weight is 357 g/mol. The first-order chi connectivity index (χ1) is 11.3. The molecule has 2 aromatic carbocycles. The highest BCUT2D eigenvalue weighted by atomic mass is 32.2. The van der Waals surface area contributed by atoms with E-state index in [1.807, 2.05) is 79.7 Å². The molecule has 2 radical (unpaired) electrons. The van der Waals surface area contributed by atoms with Crippen LogP contribution in [0.5, 0.6) is 11.5 Å². The van der Waals surface area contributed by atoms with Crippen molar-refractivity contribution >= 4 is 11.8 Å². The van der Waals surface area contributed by atoms with Gasteiger partial charge in [-0.1, -0.05) is 65.4 Å². The van der Waals surface area contributed by atoms with Crippen molar-refractivity contribution in [3.05, 3.63) is 46.5 Å². The third-order valence-corrected chi connectivity index (χ3v) is 5.28. The van der Waals surface area contributed by atoms with Gasteiger partial charge in [0, 0.05) is 11.1 Å². The fraction of sp³-hybridized carbons (Fsp3) is 0.455. The molecule has 0 saturated carbocycles. The molecule has 0 bridgehead atoms. The zero-order valence-electron chi connectivity index (χ0n) is 16.5. The van der Waals surface area contributed by atoms with E-state index in [1.54, 1.807) is 0 Å². The Morgan fingerprint density at radius 3 is 1.24 bits per heavy atom. The minimum atomic E-state index is -0.220. The van der Waals surface area contributed by atoms with Crippen molar-refractivity contribution in [3.63, 3.8) is 0 Å². The normalized spacial score (nSPS) is 12.5. The molecule has 2 nitrogen and oxygen atoms in total. The number of benzene rings is 2. The van der Waals surface area contributed by atoms with Crippen LogP contribution >= 0.6 is 11.8 Å². The molecule has 0 heterocycles. The molecule has 0 atom stereocenters. The summed E-state index contributed by atoms with van der Waals surface area (Å²) in [4.78, 5) is 1.26. The topological polar surface area (TPSA) is 39.8 Å². The predicted octanol–water partition coefficient (Wildman–Crippen LogP) is 7.34. The highest BCUT2D eigenvalue weighted by molar-refractivity contribution is 7.99. The molecule has 0 spiro atoms. The monoisotopic (exact) mass is 356 g/mol. The molecule has 134 valence electrons. The van der Waals surface area contributed by atoms with E-state index in [0.29, 0.717) is 9.79 Å². The van der Waals surface area contributed by atoms with Gasteiger partial charge in [-0.05, 0) is 47.9 Å². The second kappa shape index (κ2) is 6.60. The first-order valence-electron chi connectivity index (χ1n) is 8.63. The Labute approximate surface area is 156 Å². The SMILES string of the molecule is Cc1cc(Sc2cc(C)cc(C(C)(C)C)c2[O])c([O])c(C(C)(C)C)c1. The van der Waals surface area contributed by atoms with Crippen LogP contribution in [0.15, 0.2) is 34.1 Å². The molecule has 2 rings (SSSR count). The van der Waals surface area contributed by atoms with Crippen molar-refractivity contribution in [1.82, 2.24) is 0 Å². The van der Waals surface area contributed by atoms with Crippen LogP contribution in [0.2, 0.25) is 0 Å². The first kappa shape index (κ1) is 19.7. The smallest absolute Gasteiger partial charge is 0.196 e. The summed E-state index contributed by atoms with van der Waals surface area (Å²) in [6, 6.07) is 7.70. The Morgan fingerprint density at radius 2 is 0.960 bits per heavy atom.